The summed E-state index contributed by atoms with van der Waals surface area (Å²) in [6, 6.07) is 6.28. The van der Waals surface area contributed by atoms with Crippen LogP contribution >= 0.6 is 0 Å². The molecule has 0 atom stereocenters. The van der Waals surface area contributed by atoms with Gasteiger partial charge < -0.3 is 10.3 Å². The maximum absolute atomic E-state index is 5.67. The average molecular weight is 231 g/mol. The summed E-state index contributed by atoms with van der Waals surface area (Å²) in [5.74, 6) is 1.18. The van der Waals surface area contributed by atoms with Crippen LogP contribution in [0.2, 0.25) is 0 Å². The highest BCUT2D eigenvalue weighted by Gasteiger charge is 2.07. The normalized spacial score (nSPS) is 11.2. The number of unbranched alkanes of at least 4 members (excludes halogenated alkanes) is 2. The molecule has 3 nitrogen and oxygen atoms in total. The molecular formula is C14H21N3. The number of benzene rings is 1. The Labute approximate surface area is 103 Å². The van der Waals surface area contributed by atoms with Gasteiger partial charge in [0.1, 0.15) is 5.82 Å². The maximum Gasteiger partial charge on any atom is 0.109 e. The fourth-order valence-electron chi connectivity index (χ4n) is 2.17. The number of nitrogens with two attached hydrogens (primary N) is 1. The van der Waals surface area contributed by atoms with Gasteiger partial charge >= 0.3 is 0 Å². The molecule has 3 heteroatoms. The van der Waals surface area contributed by atoms with Crippen LogP contribution in [0, 0.1) is 0 Å². The van der Waals surface area contributed by atoms with Gasteiger partial charge in [0.05, 0.1) is 11.0 Å². The summed E-state index contributed by atoms with van der Waals surface area (Å²) in [6.07, 6.45) is 4.81. The van der Waals surface area contributed by atoms with E-state index >= 15 is 0 Å². The number of hydrogen-bond acceptors (Lipinski definition) is 2. The van der Waals surface area contributed by atoms with E-state index in [1.54, 1.807) is 0 Å². The molecule has 1 aromatic heterocycles. The molecule has 1 aromatic carbocycles. The van der Waals surface area contributed by atoms with Gasteiger partial charge in [-0.1, -0.05) is 25.8 Å². The lowest BCUT2D eigenvalue weighted by atomic mass is 10.2. The first-order valence-corrected chi connectivity index (χ1v) is 6.40. The Hall–Kier alpha value is -1.35. The van der Waals surface area contributed by atoms with E-state index < -0.39 is 0 Å². The van der Waals surface area contributed by atoms with E-state index in [0.717, 1.165) is 11.9 Å². The van der Waals surface area contributed by atoms with Gasteiger partial charge in [-0.3, -0.25) is 0 Å². The number of fused-ring (bicyclic) bond motifs is 1. The molecule has 0 bridgehead atoms. The Morgan fingerprint density at radius 1 is 1.29 bits per heavy atom. The van der Waals surface area contributed by atoms with Crippen molar-refractivity contribution in [1.82, 2.24) is 9.55 Å². The van der Waals surface area contributed by atoms with Crippen molar-refractivity contribution < 1.29 is 0 Å². The number of imidazole rings is 1. The second-order valence-electron chi connectivity index (χ2n) is 4.57. The second-order valence-corrected chi connectivity index (χ2v) is 4.57. The molecule has 2 rings (SSSR count). The number of rotatable bonds is 5. The Bertz CT molecular complexity index is 499. The molecule has 1 heterocycles. The molecule has 0 fully saturated rings. The van der Waals surface area contributed by atoms with E-state index in [2.05, 4.69) is 41.7 Å². The third-order valence-corrected chi connectivity index (χ3v) is 3.28. The van der Waals surface area contributed by atoms with Crippen molar-refractivity contribution in [1.29, 1.82) is 0 Å². The molecule has 0 aliphatic rings. The van der Waals surface area contributed by atoms with Gasteiger partial charge in [-0.25, -0.2) is 4.98 Å². The van der Waals surface area contributed by atoms with Gasteiger partial charge in [0.2, 0.25) is 0 Å². The molecule has 0 aliphatic heterocycles. The quantitative estimate of drug-likeness (QED) is 0.804. The van der Waals surface area contributed by atoms with Crippen LogP contribution in [0.1, 0.15) is 37.6 Å². The number of hydrogen-bond donors (Lipinski definition) is 1. The summed E-state index contributed by atoms with van der Waals surface area (Å²) in [7, 11) is 2.09. The largest absolute Gasteiger partial charge is 0.331 e. The molecule has 92 valence electrons. The Morgan fingerprint density at radius 3 is 2.82 bits per heavy atom. The Morgan fingerprint density at radius 2 is 2.12 bits per heavy atom. The molecule has 0 saturated carbocycles. The monoisotopic (exact) mass is 231 g/mol. The summed E-state index contributed by atoms with van der Waals surface area (Å²) < 4.78 is 2.20. The average Bonchev–Trinajstić information content (AvgIpc) is 2.66. The van der Waals surface area contributed by atoms with E-state index in [1.165, 1.54) is 36.2 Å². The van der Waals surface area contributed by atoms with Crippen LogP contribution in [-0.2, 0) is 20.0 Å². The topological polar surface area (TPSA) is 43.8 Å². The van der Waals surface area contributed by atoms with Gasteiger partial charge in [-0.15, -0.1) is 0 Å². The minimum atomic E-state index is 0.590. The van der Waals surface area contributed by atoms with Crippen molar-refractivity contribution in [2.45, 2.75) is 39.2 Å². The van der Waals surface area contributed by atoms with Gasteiger partial charge in [0.15, 0.2) is 0 Å². The second kappa shape index (κ2) is 5.32. The summed E-state index contributed by atoms with van der Waals surface area (Å²) >= 11 is 0. The lowest BCUT2D eigenvalue weighted by Crippen LogP contribution is -1.99. The molecule has 0 radical (unpaired) electrons. The zero-order valence-corrected chi connectivity index (χ0v) is 10.7. The van der Waals surface area contributed by atoms with Crippen molar-refractivity contribution in [2.24, 2.45) is 12.8 Å². The molecule has 17 heavy (non-hydrogen) atoms. The van der Waals surface area contributed by atoms with Gasteiger partial charge in [0.25, 0.3) is 0 Å². The summed E-state index contributed by atoms with van der Waals surface area (Å²) in [5, 5.41) is 0. The van der Waals surface area contributed by atoms with E-state index in [-0.39, 0.29) is 0 Å². The van der Waals surface area contributed by atoms with Crippen molar-refractivity contribution in [3.05, 3.63) is 29.6 Å². The molecule has 0 saturated heterocycles. The van der Waals surface area contributed by atoms with E-state index in [4.69, 9.17) is 5.73 Å². The third kappa shape index (κ3) is 2.50. The maximum atomic E-state index is 5.67. The molecule has 0 amide bonds. The zero-order chi connectivity index (χ0) is 12.3. The van der Waals surface area contributed by atoms with Crippen molar-refractivity contribution >= 4 is 11.0 Å². The van der Waals surface area contributed by atoms with Crippen LogP contribution in [0.15, 0.2) is 18.2 Å². The van der Waals surface area contributed by atoms with Crippen molar-refractivity contribution in [3.63, 3.8) is 0 Å². The lowest BCUT2D eigenvalue weighted by Gasteiger charge is -2.02. The first-order valence-electron chi connectivity index (χ1n) is 6.40. The van der Waals surface area contributed by atoms with Crippen LogP contribution in [0.3, 0.4) is 0 Å². The van der Waals surface area contributed by atoms with Gasteiger partial charge in [0, 0.05) is 20.0 Å². The van der Waals surface area contributed by atoms with E-state index in [9.17, 15) is 0 Å². The third-order valence-electron chi connectivity index (χ3n) is 3.28. The highest BCUT2D eigenvalue weighted by molar-refractivity contribution is 5.76. The van der Waals surface area contributed by atoms with Crippen LogP contribution in [-0.4, -0.2) is 9.55 Å². The molecule has 0 unspecified atom stereocenters. The fraction of sp³-hybridized carbons (Fsp3) is 0.500. The Balaban J connectivity index is 2.29. The van der Waals surface area contributed by atoms with Gasteiger partial charge in [-0.2, -0.15) is 0 Å². The van der Waals surface area contributed by atoms with Crippen LogP contribution in [0.4, 0.5) is 0 Å². The fourth-order valence-corrected chi connectivity index (χ4v) is 2.17. The number of aryl methyl sites for hydroxylation is 2. The summed E-state index contributed by atoms with van der Waals surface area (Å²) in [4.78, 5) is 4.68. The molecule has 0 spiro atoms. The van der Waals surface area contributed by atoms with Crippen LogP contribution < -0.4 is 5.73 Å². The minimum absolute atomic E-state index is 0.590. The van der Waals surface area contributed by atoms with E-state index in [0.29, 0.717) is 6.54 Å². The van der Waals surface area contributed by atoms with Crippen molar-refractivity contribution in [3.8, 4) is 0 Å². The predicted octanol–water partition coefficient (Wildman–Crippen LogP) is 2.76. The minimum Gasteiger partial charge on any atom is -0.331 e. The van der Waals surface area contributed by atoms with Crippen LogP contribution in [0.25, 0.3) is 11.0 Å². The van der Waals surface area contributed by atoms with Crippen LogP contribution in [0.5, 0.6) is 0 Å². The summed E-state index contributed by atoms with van der Waals surface area (Å²) in [5.41, 5.74) is 9.11. The molecular weight excluding hydrogens is 210 g/mol. The molecule has 2 N–H and O–H groups in total. The highest BCUT2D eigenvalue weighted by Crippen LogP contribution is 2.18. The number of nitrogens with zero attached hydrogens (tertiary/aromatic N) is 2. The zero-order valence-electron chi connectivity index (χ0n) is 10.7. The molecule has 2 aromatic rings. The highest BCUT2D eigenvalue weighted by atomic mass is 15.1. The first-order chi connectivity index (χ1) is 8.26. The van der Waals surface area contributed by atoms with Gasteiger partial charge in [-0.05, 0) is 24.1 Å². The van der Waals surface area contributed by atoms with Crippen molar-refractivity contribution in [2.75, 3.05) is 0 Å². The SMILES string of the molecule is CCCCCc1nc2ccc(CN)cc2n1C. The first kappa shape index (κ1) is 12.1. The molecule has 0 aliphatic carbocycles. The standard InChI is InChI=1S/C14H21N3/c1-3-4-5-6-14-16-12-8-7-11(10-15)9-13(12)17(14)2/h7-9H,3-6,10,15H2,1-2H3. The predicted molar refractivity (Wildman–Crippen MR) is 71.8 cm³/mol. The summed E-state index contributed by atoms with van der Waals surface area (Å²) in [6.45, 7) is 2.81. The smallest absolute Gasteiger partial charge is 0.109 e. The Kier molecular flexibility index (Phi) is 3.79. The van der Waals surface area contributed by atoms with E-state index in [1.807, 2.05) is 0 Å². The lowest BCUT2D eigenvalue weighted by molar-refractivity contribution is 0.676. The number of aromatic nitrogens is 2.